The second-order valence-corrected chi connectivity index (χ2v) is 3.03. The molecule has 52 valence electrons. The van der Waals surface area contributed by atoms with Crippen LogP contribution in [0.5, 0.6) is 0 Å². The topological polar surface area (TPSA) is 54.4 Å². The van der Waals surface area contributed by atoms with Crippen LogP contribution in [0.2, 0.25) is 0 Å². The summed E-state index contributed by atoms with van der Waals surface area (Å²) in [7, 11) is -4.03. The molecule has 0 amide bonds. The van der Waals surface area contributed by atoms with Crippen molar-refractivity contribution in [2.24, 2.45) is 0 Å². The molecule has 9 heavy (non-hydrogen) atoms. The average molecular weight is 148 g/mol. The van der Waals surface area contributed by atoms with E-state index in [0.717, 1.165) is 0 Å². The van der Waals surface area contributed by atoms with Crippen LogP contribution in [0, 0.1) is 0 Å². The Morgan fingerprint density at radius 3 is 2.22 bits per heavy atom. The Balaban J connectivity index is 4.24. The Morgan fingerprint density at radius 1 is 1.67 bits per heavy atom. The quantitative estimate of drug-likeness (QED) is 0.479. The number of rotatable bonds is 3. The Kier molecular flexibility index (Phi) is 2.61. The van der Waals surface area contributed by atoms with Gasteiger partial charge in [-0.25, -0.2) is 0 Å². The first-order valence-corrected chi connectivity index (χ1v) is 3.68. The molecule has 0 radical (unpaired) electrons. The van der Waals surface area contributed by atoms with Crippen LogP contribution in [0.3, 0.4) is 0 Å². The first kappa shape index (κ1) is 8.39. The van der Waals surface area contributed by atoms with Crippen molar-refractivity contribution in [3.05, 3.63) is 24.1 Å². The van der Waals surface area contributed by atoms with Gasteiger partial charge in [0.05, 0.1) is 4.91 Å². The summed E-state index contributed by atoms with van der Waals surface area (Å²) in [5.41, 5.74) is 0. The van der Waals surface area contributed by atoms with Gasteiger partial charge in [-0.3, -0.25) is 4.55 Å². The molecule has 1 N–H and O–H groups in total. The molecule has 0 aromatic rings. The van der Waals surface area contributed by atoms with Crippen LogP contribution in [0.4, 0.5) is 0 Å². The van der Waals surface area contributed by atoms with Crippen molar-refractivity contribution >= 4 is 10.1 Å². The van der Waals surface area contributed by atoms with Crippen molar-refractivity contribution in [3.8, 4) is 0 Å². The molecule has 0 aliphatic carbocycles. The van der Waals surface area contributed by atoms with E-state index in [4.69, 9.17) is 4.55 Å². The molecule has 0 aliphatic rings. The predicted molar refractivity (Wildman–Crippen MR) is 35.5 cm³/mol. The maximum atomic E-state index is 10.1. The first-order valence-electron chi connectivity index (χ1n) is 2.24. The smallest absolute Gasteiger partial charge is 0.282 e. The maximum absolute atomic E-state index is 10.1. The molecule has 0 fully saturated rings. The summed E-state index contributed by atoms with van der Waals surface area (Å²) < 4.78 is 28.5. The summed E-state index contributed by atoms with van der Waals surface area (Å²) in [6, 6.07) is 0. The fourth-order valence-corrected chi connectivity index (χ4v) is 0.595. The molecule has 4 heteroatoms. The van der Waals surface area contributed by atoms with Crippen LogP contribution in [-0.2, 0) is 10.1 Å². The summed E-state index contributed by atoms with van der Waals surface area (Å²) >= 11 is 0. The molecule has 0 spiro atoms. The fourth-order valence-electron chi connectivity index (χ4n) is 0.266. The molecule has 0 rings (SSSR count). The van der Waals surface area contributed by atoms with Crippen molar-refractivity contribution in [1.82, 2.24) is 0 Å². The molecule has 0 saturated heterocycles. The monoisotopic (exact) mass is 148 g/mol. The van der Waals surface area contributed by atoms with Gasteiger partial charge in [-0.05, 0) is 0 Å². The molecule has 0 saturated carbocycles. The van der Waals surface area contributed by atoms with Crippen LogP contribution >= 0.6 is 0 Å². The van der Waals surface area contributed by atoms with E-state index in [0.29, 0.717) is 0 Å². The SMILES string of the molecule is C=CCC(=C)S(=O)(=O)O. The van der Waals surface area contributed by atoms with Gasteiger partial charge in [-0.2, -0.15) is 8.42 Å². The lowest BCUT2D eigenvalue weighted by Crippen LogP contribution is -1.98. The van der Waals surface area contributed by atoms with Crippen molar-refractivity contribution in [2.75, 3.05) is 0 Å². The zero-order valence-corrected chi connectivity index (χ0v) is 5.69. The Hall–Kier alpha value is -0.610. The zero-order valence-electron chi connectivity index (χ0n) is 4.87. The molecule has 0 aromatic heterocycles. The highest BCUT2D eigenvalue weighted by atomic mass is 32.2. The minimum atomic E-state index is -4.03. The average Bonchev–Trinajstić information content (AvgIpc) is 1.64. The third kappa shape index (κ3) is 3.05. The molecular weight excluding hydrogens is 140 g/mol. The van der Waals surface area contributed by atoms with Crippen molar-refractivity contribution in [1.29, 1.82) is 0 Å². The van der Waals surface area contributed by atoms with Crippen LogP contribution in [0.15, 0.2) is 24.1 Å². The molecule has 0 aliphatic heterocycles. The van der Waals surface area contributed by atoms with Gasteiger partial charge in [0.15, 0.2) is 0 Å². The highest BCUT2D eigenvalue weighted by Crippen LogP contribution is 2.04. The Bertz CT molecular complexity index is 212. The van der Waals surface area contributed by atoms with Crippen LogP contribution in [0.25, 0.3) is 0 Å². The van der Waals surface area contributed by atoms with E-state index in [9.17, 15) is 8.42 Å². The number of hydrogen-bond donors (Lipinski definition) is 1. The molecule has 0 unspecified atom stereocenters. The molecule has 0 heterocycles. The van der Waals surface area contributed by atoms with Gasteiger partial charge < -0.3 is 0 Å². The van der Waals surface area contributed by atoms with E-state index in [1.54, 1.807) is 0 Å². The van der Waals surface area contributed by atoms with E-state index in [1.807, 2.05) is 0 Å². The van der Waals surface area contributed by atoms with Crippen molar-refractivity contribution < 1.29 is 13.0 Å². The van der Waals surface area contributed by atoms with Crippen molar-refractivity contribution in [2.45, 2.75) is 6.42 Å². The minimum absolute atomic E-state index is 0.0961. The van der Waals surface area contributed by atoms with Crippen LogP contribution in [-0.4, -0.2) is 13.0 Å². The molecular formula is C5H8O3S. The van der Waals surface area contributed by atoms with Gasteiger partial charge in [0, 0.05) is 6.42 Å². The number of allylic oxidation sites excluding steroid dienone is 2. The van der Waals surface area contributed by atoms with E-state index >= 15 is 0 Å². The third-order valence-corrected chi connectivity index (χ3v) is 1.63. The molecule has 0 atom stereocenters. The maximum Gasteiger partial charge on any atom is 0.290 e. The van der Waals surface area contributed by atoms with Crippen molar-refractivity contribution in [3.63, 3.8) is 0 Å². The Morgan fingerprint density at radius 2 is 2.11 bits per heavy atom. The minimum Gasteiger partial charge on any atom is -0.282 e. The molecule has 0 bridgehead atoms. The molecule has 0 aromatic carbocycles. The lowest BCUT2D eigenvalue weighted by molar-refractivity contribution is 0.490. The van der Waals surface area contributed by atoms with E-state index < -0.39 is 10.1 Å². The lowest BCUT2D eigenvalue weighted by Gasteiger charge is -1.93. The normalized spacial score (nSPS) is 10.8. The van der Waals surface area contributed by atoms with Gasteiger partial charge >= 0.3 is 0 Å². The Labute approximate surface area is 54.4 Å². The van der Waals surface area contributed by atoms with E-state index in [-0.39, 0.29) is 11.3 Å². The standard InChI is InChI=1S/C5H8O3S/c1-3-4-5(2)9(6,7)8/h3H,1-2,4H2,(H,6,7,8). The molecule has 3 nitrogen and oxygen atoms in total. The van der Waals surface area contributed by atoms with Crippen LogP contribution in [0.1, 0.15) is 6.42 Å². The predicted octanol–water partition coefficient (Wildman–Crippen LogP) is 0.964. The fraction of sp³-hybridized carbons (Fsp3) is 0.200. The summed E-state index contributed by atoms with van der Waals surface area (Å²) in [5.74, 6) is 0. The van der Waals surface area contributed by atoms with Crippen LogP contribution < -0.4 is 0 Å². The lowest BCUT2D eigenvalue weighted by atomic mass is 10.4. The highest BCUT2D eigenvalue weighted by Gasteiger charge is 2.06. The summed E-state index contributed by atoms with van der Waals surface area (Å²) in [6.45, 7) is 6.38. The second kappa shape index (κ2) is 2.80. The first-order chi connectivity index (χ1) is 3.98. The largest absolute Gasteiger partial charge is 0.290 e. The van der Waals surface area contributed by atoms with Gasteiger partial charge in [0.1, 0.15) is 0 Å². The van der Waals surface area contributed by atoms with Gasteiger partial charge in [0.2, 0.25) is 0 Å². The second-order valence-electron chi connectivity index (χ2n) is 1.51. The zero-order chi connectivity index (χ0) is 7.49. The number of hydrogen-bond acceptors (Lipinski definition) is 2. The summed E-state index contributed by atoms with van der Waals surface area (Å²) in [5, 5.41) is 0. The van der Waals surface area contributed by atoms with E-state index in [2.05, 4.69) is 13.2 Å². The van der Waals surface area contributed by atoms with E-state index in [1.165, 1.54) is 6.08 Å². The highest BCUT2D eigenvalue weighted by molar-refractivity contribution is 7.89. The van der Waals surface area contributed by atoms with Gasteiger partial charge in [-0.1, -0.05) is 12.7 Å². The summed E-state index contributed by atoms with van der Waals surface area (Å²) in [6.07, 6.45) is 1.45. The third-order valence-electron chi connectivity index (χ3n) is 0.737. The summed E-state index contributed by atoms with van der Waals surface area (Å²) in [4.78, 5) is -0.225. The van der Waals surface area contributed by atoms with Gasteiger partial charge in [-0.15, -0.1) is 6.58 Å². The van der Waals surface area contributed by atoms with Gasteiger partial charge in [0.25, 0.3) is 10.1 Å².